The molecule has 1 unspecified atom stereocenters. The monoisotopic (exact) mass is 445 g/mol. The summed E-state index contributed by atoms with van der Waals surface area (Å²) >= 11 is 7.25. The van der Waals surface area contributed by atoms with Gasteiger partial charge in [-0.2, -0.15) is 0 Å². The maximum Gasteiger partial charge on any atom is 0.252 e. The molecule has 0 saturated heterocycles. The van der Waals surface area contributed by atoms with Crippen molar-refractivity contribution in [3.8, 4) is 22.8 Å². The van der Waals surface area contributed by atoms with Gasteiger partial charge in [0.25, 0.3) is 5.56 Å². The van der Waals surface area contributed by atoms with Crippen molar-refractivity contribution in [3.05, 3.63) is 63.9 Å². The molecule has 2 aromatic carbocycles. The first kappa shape index (κ1) is 21.7. The summed E-state index contributed by atoms with van der Waals surface area (Å²) in [4.78, 5) is 31.8. The van der Waals surface area contributed by atoms with Crippen LogP contribution in [-0.4, -0.2) is 35.3 Å². The van der Waals surface area contributed by atoms with Crippen molar-refractivity contribution in [2.75, 3.05) is 19.5 Å². The fraction of sp³-hybridized carbons (Fsp3) is 0.190. The number of benzene rings is 2. The standard InChI is InChI=1S/C21H20ClN3O4S/c1-12(20(27)23-14-6-9-18(29-3)16(22)10-14)30-21-24-17(11-19(26)25-21)13-4-7-15(28-2)8-5-13/h4-12H,1-3H3,(H,23,27)(H,24,25,26). The molecule has 0 aliphatic carbocycles. The van der Waals surface area contributed by atoms with Crippen LogP contribution >= 0.6 is 23.4 Å². The fourth-order valence-electron chi connectivity index (χ4n) is 2.61. The molecule has 7 nitrogen and oxygen atoms in total. The molecular formula is C21H20ClN3O4S. The Bertz CT molecular complexity index is 1100. The Labute approximate surface area is 182 Å². The number of thioether (sulfide) groups is 1. The number of methoxy groups -OCH3 is 2. The van der Waals surface area contributed by atoms with E-state index in [0.717, 1.165) is 17.3 Å². The summed E-state index contributed by atoms with van der Waals surface area (Å²) in [6, 6.07) is 13.6. The fourth-order valence-corrected chi connectivity index (χ4v) is 3.68. The third-order valence-corrected chi connectivity index (χ3v) is 5.46. The van der Waals surface area contributed by atoms with Gasteiger partial charge >= 0.3 is 0 Å². The van der Waals surface area contributed by atoms with E-state index in [4.69, 9.17) is 21.1 Å². The Morgan fingerprint density at radius 3 is 2.50 bits per heavy atom. The highest BCUT2D eigenvalue weighted by molar-refractivity contribution is 8.00. The minimum atomic E-state index is -0.514. The summed E-state index contributed by atoms with van der Waals surface area (Å²) in [6.07, 6.45) is 0. The second-order valence-electron chi connectivity index (χ2n) is 6.26. The number of nitrogens with one attached hydrogen (secondary N) is 2. The number of aromatic nitrogens is 2. The zero-order chi connectivity index (χ0) is 21.7. The average molecular weight is 446 g/mol. The van der Waals surface area contributed by atoms with Crippen molar-refractivity contribution in [2.45, 2.75) is 17.3 Å². The summed E-state index contributed by atoms with van der Waals surface area (Å²) in [5.74, 6) is 0.982. The maximum atomic E-state index is 12.6. The van der Waals surface area contributed by atoms with E-state index < -0.39 is 5.25 Å². The van der Waals surface area contributed by atoms with Crippen LogP contribution in [0, 0.1) is 0 Å². The summed E-state index contributed by atoms with van der Waals surface area (Å²) in [5, 5.41) is 3.03. The number of carbonyl (C=O) groups is 1. The van der Waals surface area contributed by atoms with Crippen LogP contribution in [0.3, 0.4) is 0 Å². The van der Waals surface area contributed by atoms with Crippen LogP contribution in [0.1, 0.15) is 6.92 Å². The number of H-pyrrole nitrogens is 1. The Morgan fingerprint density at radius 2 is 1.87 bits per heavy atom. The molecule has 0 bridgehead atoms. The average Bonchev–Trinajstić information content (AvgIpc) is 2.73. The quantitative estimate of drug-likeness (QED) is 0.417. The van der Waals surface area contributed by atoms with Crippen LogP contribution in [-0.2, 0) is 4.79 Å². The number of hydrogen-bond donors (Lipinski definition) is 2. The molecular weight excluding hydrogens is 426 g/mol. The highest BCUT2D eigenvalue weighted by Gasteiger charge is 2.17. The molecule has 0 radical (unpaired) electrons. The van der Waals surface area contributed by atoms with E-state index in [1.54, 1.807) is 44.4 Å². The van der Waals surface area contributed by atoms with Gasteiger partial charge in [-0.15, -0.1) is 0 Å². The molecule has 2 N–H and O–H groups in total. The predicted octanol–water partition coefficient (Wildman–Crippen LogP) is 4.23. The molecule has 1 aromatic heterocycles. The highest BCUT2D eigenvalue weighted by Crippen LogP contribution is 2.28. The van der Waals surface area contributed by atoms with E-state index in [9.17, 15) is 9.59 Å². The van der Waals surface area contributed by atoms with Gasteiger partial charge in [0.15, 0.2) is 5.16 Å². The van der Waals surface area contributed by atoms with Crippen molar-refractivity contribution >= 4 is 35.0 Å². The number of halogens is 1. The minimum Gasteiger partial charge on any atom is -0.497 e. The predicted molar refractivity (Wildman–Crippen MR) is 119 cm³/mol. The summed E-state index contributed by atoms with van der Waals surface area (Å²) < 4.78 is 10.3. The number of amides is 1. The third kappa shape index (κ3) is 5.34. The van der Waals surface area contributed by atoms with E-state index in [-0.39, 0.29) is 11.5 Å². The molecule has 1 heterocycles. The lowest BCUT2D eigenvalue weighted by Crippen LogP contribution is -2.23. The molecule has 1 atom stereocenters. The molecule has 0 fully saturated rings. The second kappa shape index (κ2) is 9.69. The number of aromatic amines is 1. The lowest BCUT2D eigenvalue weighted by Gasteiger charge is -2.13. The highest BCUT2D eigenvalue weighted by atomic mass is 35.5. The van der Waals surface area contributed by atoms with Crippen LogP contribution in [0.25, 0.3) is 11.3 Å². The first-order valence-electron chi connectivity index (χ1n) is 8.96. The van der Waals surface area contributed by atoms with Gasteiger partial charge in [0.2, 0.25) is 5.91 Å². The number of ether oxygens (including phenoxy) is 2. The summed E-state index contributed by atoms with van der Waals surface area (Å²) in [6.45, 7) is 1.73. The van der Waals surface area contributed by atoms with Crippen LogP contribution < -0.4 is 20.3 Å². The lowest BCUT2D eigenvalue weighted by molar-refractivity contribution is -0.115. The van der Waals surface area contributed by atoms with Gasteiger partial charge < -0.3 is 19.8 Å². The molecule has 0 aliphatic heterocycles. The van der Waals surface area contributed by atoms with E-state index in [1.807, 2.05) is 12.1 Å². The van der Waals surface area contributed by atoms with Gasteiger partial charge in [0, 0.05) is 17.3 Å². The molecule has 1 amide bonds. The van der Waals surface area contributed by atoms with Crippen LogP contribution in [0.15, 0.2) is 58.5 Å². The molecule has 156 valence electrons. The number of carbonyl (C=O) groups excluding carboxylic acids is 1. The van der Waals surface area contributed by atoms with Gasteiger partial charge in [0.1, 0.15) is 11.5 Å². The molecule has 3 rings (SSSR count). The van der Waals surface area contributed by atoms with Crippen molar-refractivity contribution in [1.82, 2.24) is 9.97 Å². The normalized spacial score (nSPS) is 11.6. The van der Waals surface area contributed by atoms with Crippen molar-refractivity contribution < 1.29 is 14.3 Å². The van der Waals surface area contributed by atoms with E-state index >= 15 is 0 Å². The molecule has 30 heavy (non-hydrogen) atoms. The van der Waals surface area contributed by atoms with Crippen LogP contribution in [0.5, 0.6) is 11.5 Å². The Balaban J connectivity index is 1.73. The Kier molecular flexibility index (Phi) is 7.02. The third-order valence-electron chi connectivity index (χ3n) is 4.18. The van der Waals surface area contributed by atoms with Crippen molar-refractivity contribution in [2.24, 2.45) is 0 Å². The number of anilines is 1. The summed E-state index contributed by atoms with van der Waals surface area (Å²) in [7, 11) is 3.10. The van der Waals surface area contributed by atoms with Gasteiger partial charge in [0.05, 0.1) is 30.2 Å². The topological polar surface area (TPSA) is 93.3 Å². The van der Waals surface area contributed by atoms with Crippen molar-refractivity contribution in [1.29, 1.82) is 0 Å². The van der Waals surface area contributed by atoms with E-state index in [1.165, 1.54) is 13.2 Å². The van der Waals surface area contributed by atoms with Gasteiger partial charge in [-0.25, -0.2) is 4.98 Å². The first-order chi connectivity index (χ1) is 14.4. The molecule has 9 heteroatoms. The zero-order valence-electron chi connectivity index (χ0n) is 16.6. The molecule has 0 aliphatic rings. The van der Waals surface area contributed by atoms with Gasteiger partial charge in [-0.3, -0.25) is 9.59 Å². The molecule has 0 saturated carbocycles. The van der Waals surface area contributed by atoms with Crippen LogP contribution in [0.2, 0.25) is 5.02 Å². The van der Waals surface area contributed by atoms with E-state index in [0.29, 0.717) is 33.1 Å². The number of hydrogen-bond acceptors (Lipinski definition) is 6. The van der Waals surface area contributed by atoms with E-state index in [2.05, 4.69) is 15.3 Å². The molecule has 0 spiro atoms. The number of rotatable bonds is 7. The Hall–Kier alpha value is -2.97. The molecule has 3 aromatic rings. The Morgan fingerprint density at radius 1 is 1.13 bits per heavy atom. The van der Waals surface area contributed by atoms with Crippen molar-refractivity contribution in [3.63, 3.8) is 0 Å². The first-order valence-corrected chi connectivity index (χ1v) is 10.2. The zero-order valence-corrected chi connectivity index (χ0v) is 18.1. The SMILES string of the molecule is COc1ccc(-c2cc(=O)[nH]c(SC(C)C(=O)Nc3ccc(OC)c(Cl)c3)n2)cc1. The van der Waals surface area contributed by atoms with Gasteiger partial charge in [-0.1, -0.05) is 23.4 Å². The second-order valence-corrected chi connectivity index (χ2v) is 8.00. The minimum absolute atomic E-state index is 0.251. The van der Waals surface area contributed by atoms with Crippen LogP contribution in [0.4, 0.5) is 5.69 Å². The lowest BCUT2D eigenvalue weighted by atomic mass is 10.1. The van der Waals surface area contributed by atoms with Gasteiger partial charge in [-0.05, 0) is 49.4 Å². The maximum absolute atomic E-state index is 12.6. The largest absolute Gasteiger partial charge is 0.497 e. The smallest absolute Gasteiger partial charge is 0.252 e. The number of nitrogens with zero attached hydrogens (tertiary/aromatic N) is 1. The summed E-state index contributed by atoms with van der Waals surface area (Å²) in [5.41, 5.74) is 1.53.